The van der Waals surface area contributed by atoms with Crippen LogP contribution in [-0.2, 0) is 11.5 Å². The molecule has 0 unspecified atom stereocenters. The van der Waals surface area contributed by atoms with Crippen molar-refractivity contribution in [3.05, 3.63) is 65.7 Å². The van der Waals surface area contributed by atoms with Crippen molar-refractivity contribution < 1.29 is 14.6 Å². The normalized spacial score (nSPS) is 10.8. The van der Waals surface area contributed by atoms with Crippen LogP contribution in [0.5, 0.6) is 0 Å². The third-order valence-electron chi connectivity index (χ3n) is 3.90. The SMILES string of the molecule is COCn1nc(-c2ccccc2C(=O)O)c(C)c1-c1ccccc1. The van der Waals surface area contributed by atoms with Crippen molar-refractivity contribution in [3.8, 4) is 22.5 Å². The fourth-order valence-electron chi connectivity index (χ4n) is 2.86. The number of hydrogen-bond acceptors (Lipinski definition) is 3. The van der Waals surface area contributed by atoms with Crippen LogP contribution in [0.1, 0.15) is 15.9 Å². The van der Waals surface area contributed by atoms with Crippen LogP contribution in [0.4, 0.5) is 0 Å². The molecule has 0 atom stereocenters. The molecule has 24 heavy (non-hydrogen) atoms. The Bertz CT molecular complexity index is 870. The van der Waals surface area contributed by atoms with E-state index in [0.717, 1.165) is 16.8 Å². The third kappa shape index (κ3) is 2.81. The maximum Gasteiger partial charge on any atom is 0.336 e. The molecule has 0 aliphatic heterocycles. The molecule has 1 heterocycles. The molecule has 0 bridgehead atoms. The molecule has 0 amide bonds. The quantitative estimate of drug-likeness (QED) is 0.775. The number of aromatic nitrogens is 2. The lowest BCUT2D eigenvalue weighted by atomic mass is 9.99. The summed E-state index contributed by atoms with van der Waals surface area (Å²) >= 11 is 0. The molecule has 3 rings (SSSR count). The molecule has 122 valence electrons. The zero-order valence-corrected chi connectivity index (χ0v) is 13.6. The Labute approximate surface area is 140 Å². The fraction of sp³-hybridized carbons (Fsp3) is 0.158. The zero-order valence-electron chi connectivity index (χ0n) is 13.6. The van der Waals surface area contributed by atoms with Crippen molar-refractivity contribution in [3.63, 3.8) is 0 Å². The molecule has 0 spiro atoms. The largest absolute Gasteiger partial charge is 0.478 e. The third-order valence-corrected chi connectivity index (χ3v) is 3.90. The van der Waals surface area contributed by atoms with Gasteiger partial charge >= 0.3 is 5.97 Å². The average Bonchev–Trinajstić information content (AvgIpc) is 2.92. The van der Waals surface area contributed by atoms with Gasteiger partial charge in [-0.25, -0.2) is 9.48 Å². The molecule has 0 saturated carbocycles. The zero-order chi connectivity index (χ0) is 17.1. The van der Waals surface area contributed by atoms with E-state index in [2.05, 4.69) is 5.10 Å². The Hall–Kier alpha value is -2.92. The van der Waals surface area contributed by atoms with Crippen LogP contribution in [-0.4, -0.2) is 28.0 Å². The maximum atomic E-state index is 11.5. The lowest BCUT2D eigenvalue weighted by molar-refractivity contribution is 0.0697. The number of carboxylic acid groups (broad SMARTS) is 1. The van der Waals surface area contributed by atoms with Gasteiger partial charge in [0.05, 0.1) is 17.0 Å². The topological polar surface area (TPSA) is 64.4 Å². The van der Waals surface area contributed by atoms with Crippen LogP contribution in [0.25, 0.3) is 22.5 Å². The Morgan fingerprint density at radius 2 is 1.79 bits per heavy atom. The molecule has 0 fully saturated rings. The Morgan fingerprint density at radius 3 is 2.46 bits per heavy atom. The van der Waals surface area contributed by atoms with E-state index in [-0.39, 0.29) is 5.56 Å². The average molecular weight is 322 g/mol. The summed E-state index contributed by atoms with van der Waals surface area (Å²) in [7, 11) is 1.61. The molecule has 1 aromatic heterocycles. The van der Waals surface area contributed by atoms with Gasteiger partial charge in [-0.3, -0.25) is 0 Å². The lowest BCUT2D eigenvalue weighted by Gasteiger charge is -2.07. The van der Waals surface area contributed by atoms with Gasteiger partial charge in [0.1, 0.15) is 6.73 Å². The van der Waals surface area contributed by atoms with E-state index in [9.17, 15) is 9.90 Å². The minimum absolute atomic E-state index is 0.238. The second-order valence-corrected chi connectivity index (χ2v) is 5.46. The summed E-state index contributed by atoms with van der Waals surface area (Å²) in [5.74, 6) is -0.965. The Morgan fingerprint density at radius 1 is 1.12 bits per heavy atom. The summed E-state index contributed by atoms with van der Waals surface area (Å²) in [6.45, 7) is 2.25. The van der Waals surface area contributed by atoms with Gasteiger partial charge in [-0.1, -0.05) is 48.5 Å². The molecule has 0 aliphatic rings. The van der Waals surface area contributed by atoms with Gasteiger partial charge in [0.15, 0.2) is 0 Å². The van der Waals surface area contributed by atoms with E-state index >= 15 is 0 Å². The predicted octanol–water partition coefficient (Wildman–Crippen LogP) is 3.83. The number of benzene rings is 2. The van der Waals surface area contributed by atoms with Crippen molar-refractivity contribution in [2.24, 2.45) is 0 Å². The molecule has 0 radical (unpaired) electrons. The first-order valence-corrected chi connectivity index (χ1v) is 7.58. The van der Waals surface area contributed by atoms with Crippen molar-refractivity contribution in [1.29, 1.82) is 0 Å². The summed E-state index contributed by atoms with van der Waals surface area (Å²) in [4.78, 5) is 11.5. The standard InChI is InChI=1S/C19H18N2O3/c1-13-17(15-10-6-7-11-16(15)19(22)23)20-21(12-24-2)18(13)14-8-4-3-5-9-14/h3-11H,12H2,1-2H3,(H,22,23). The summed E-state index contributed by atoms with van der Waals surface area (Å²) in [6, 6.07) is 16.8. The van der Waals surface area contributed by atoms with Crippen LogP contribution in [0.15, 0.2) is 54.6 Å². The van der Waals surface area contributed by atoms with Crippen molar-refractivity contribution in [2.45, 2.75) is 13.7 Å². The first-order valence-electron chi connectivity index (χ1n) is 7.58. The Balaban J connectivity index is 2.23. The number of aromatic carboxylic acids is 1. The lowest BCUT2D eigenvalue weighted by Crippen LogP contribution is -2.04. The molecule has 5 heteroatoms. The number of carbonyl (C=O) groups is 1. The van der Waals surface area contributed by atoms with Crippen molar-refractivity contribution in [1.82, 2.24) is 9.78 Å². The van der Waals surface area contributed by atoms with Gasteiger partial charge in [0.2, 0.25) is 0 Å². The predicted molar refractivity (Wildman–Crippen MR) is 91.8 cm³/mol. The molecule has 0 saturated heterocycles. The molecule has 5 nitrogen and oxygen atoms in total. The minimum atomic E-state index is -0.965. The number of nitrogens with zero attached hydrogens (tertiary/aromatic N) is 2. The number of carboxylic acids is 1. The van der Waals surface area contributed by atoms with Gasteiger partial charge in [-0.05, 0) is 13.0 Å². The monoisotopic (exact) mass is 322 g/mol. The summed E-state index contributed by atoms with van der Waals surface area (Å²) in [6.07, 6.45) is 0. The van der Waals surface area contributed by atoms with E-state index in [1.165, 1.54) is 0 Å². The number of rotatable bonds is 5. The Kier molecular flexibility index (Phi) is 4.44. The highest BCUT2D eigenvalue weighted by molar-refractivity contribution is 5.96. The van der Waals surface area contributed by atoms with Gasteiger partial charge in [0.25, 0.3) is 0 Å². The van der Waals surface area contributed by atoms with Crippen LogP contribution in [0.2, 0.25) is 0 Å². The molecule has 1 N–H and O–H groups in total. The van der Waals surface area contributed by atoms with E-state index < -0.39 is 5.97 Å². The first-order chi connectivity index (χ1) is 11.6. The minimum Gasteiger partial charge on any atom is -0.478 e. The maximum absolute atomic E-state index is 11.5. The second-order valence-electron chi connectivity index (χ2n) is 5.46. The molecular formula is C19H18N2O3. The van der Waals surface area contributed by atoms with Gasteiger partial charge in [-0.2, -0.15) is 5.10 Å². The van der Waals surface area contributed by atoms with Crippen LogP contribution < -0.4 is 0 Å². The van der Waals surface area contributed by atoms with E-state index in [1.54, 1.807) is 30.0 Å². The number of methoxy groups -OCH3 is 1. The van der Waals surface area contributed by atoms with E-state index in [0.29, 0.717) is 18.0 Å². The highest BCUT2D eigenvalue weighted by Gasteiger charge is 2.20. The summed E-state index contributed by atoms with van der Waals surface area (Å²) in [5.41, 5.74) is 4.36. The van der Waals surface area contributed by atoms with Gasteiger partial charge in [-0.15, -0.1) is 0 Å². The molecule has 3 aromatic rings. The highest BCUT2D eigenvalue weighted by atomic mass is 16.5. The van der Waals surface area contributed by atoms with E-state index in [4.69, 9.17) is 4.74 Å². The van der Waals surface area contributed by atoms with Gasteiger partial charge < -0.3 is 9.84 Å². The summed E-state index contributed by atoms with van der Waals surface area (Å²) < 4.78 is 7.02. The summed E-state index contributed by atoms with van der Waals surface area (Å²) in [5, 5.41) is 14.1. The highest BCUT2D eigenvalue weighted by Crippen LogP contribution is 2.33. The molecule has 2 aromatic carbocycles. The van der Waals surface area contributed by atoms with Crippen molar-refractivity contribution in [2.75, 3.05) is 7.11 Å². The molecule has 0 aliphatic carbocycles. The van der Waals surface area contributed by atoms with Crippen LogP contribution in [0, 0.1) is 6.92 Å². The van der Waals surface area contributed by atoms with E-state index in [1.807, 2.05) is 43.3 Å². The fourth-order valence-corrected chi connectivity index (χ4v) is 2.86. The first kappa shape index (κ1) is 16.0. The number of ether oxygens (including phenoxy) is 1. The van der Waals surface area contributed by atoms with Crippen LogP contribution >= 0.6 is 0 Å². The smallest absolute Gasteiger partial charge is 0.336 e. The number of hydrogen-bond donors (Lipinski definition) is 1. The van der Waals surface area contributed by atoms with Gasteiger partial charge in [0, 0.05) is 23.8 Å². The second kappa shape index (κ2) is 6.68. The van der Waals surface area contributed by atoms with Crippen molar-refractivity contribution >= 4 is 5.97 Å². The van der Waals surface area contributed by atoms with Crippen LogP contribution in [0.3, 0.4) is 0 Å². The molecular weight excluding hydrogens is 304 g/mol.